The number of hydrogen-bond acceptors (Lipinski definition) is 3. The predicted molar refractivity (Wildman–Crippen MR) is 52.0 cm³/mol. The van der Waals surface area contributed by atoms with Gasteiger partial charge < -0.3 is 0 Å². The maximum atomic E-state index is 13.3. The topological polar surface area (TPSA) is 28.4 Å². The summed E-state index contributed by atoms with van der Waals surface area (Å²) in [4.78, 5) is 5.83. The van der Waals surface area contributed by atoms with Gasteiger partial charge in [-0.3, -0.25) is 0 Å². The van der Waals surface area contributed by atoms with Gasteiger partial charge in [0.2, 0.25) is 11.6 Å². The van der Waals surface area contributed by atoms with Gasteiger partial charge in [-0.05, 0) is 23.2 Å². The van der Waals surface area contributed by atoms with Crippen LogP contribution in [0.15, 0.2) is 0 Å². The summed E-state index contributed by atoms with van der Waals surface area (Å²) in [6, 6.07) is 0. The van der Waals surface area contributed by atoms with Gasteiger partial charge in [0, 0.05) is 0 Å². The highest BCUT2D eigenvalue weighted by molar-refractivity contribution is 6.27. The van der Waals surface area contributed by atoms with Crippen LogP contribution in [0.1, 0.15) is 0 Å². The van der Waals surface area contributed by atoms with Crippen molar-refractivity contribution in [2.45, 2.75) is 16.5 Å². The summed E-state index contributed by atoms with van der Waals surface area (Å²) in [6.07, 6.45) is 0. The molecule has 1 saturated heterocycles. The van der Waals surface area contributed by atoms with E-state index in [2.05, 4.69) is 33.0 Å². The molecule has 1 aliphatic heterocycles. The van der Waals surface area contributed by atoms with E-state index in [0.717, 1.165) is 0 Å². The Morgan fingerprint density at radius 3 is 1.57 bits per heavy atom. The van der Waals surface area contributed by atoms with E-state index < -0.39 is 50.8 Å². The van der Waals surface area contributed by atoms with E-state index in [0.29, 0.717) is 0 Å². The van der Waals surface area contributed by atoms with Crippen molar-refractivity contribution in [1.82, 2.24) is 4.98 Å². The van der Waals surface area contributed by atoms with E-state index in [1.165, 1.54) is 0 Å². The molecule has 0 amide bonds. The van der Waals surface area contributed by atoms with Crippen LogP contribution < -0.4 is 5.06 Å². The molecule has 0 aromatic carbocycles. The summed E-state index contributed by atoms with van der Waals surface area (Å²) in [7, 11) is 0. The third-order valence-corrected chi connectivity index (χ3v) is 2.94. The highest BCUT2D eigenvalue weighted by atomic mass is 35.5. The lowest BCUT2D eigenvalue weighted by Gasteiger charge is -2.21. The molecule has 0 unspecified atom stereocenters. The molecule has 2 heterocycles. The van der Waals surface area contributed by atoms with Gasteiger partial charge in [-0.2, -0.15) is 45.2 Å². The normalized spacial score (nSPS) is 18.1. The van der Waals surface area contributed by atoms with Gasteiger partial charge in [0.1, 0.15) is 5.69 Å². The first-order chi connectivity index (χ1) is 9.34. The number of nitrogens with zero attached hydrogens (tertiary/aromatic N) is 2. The fraction of sp³-hybridized carbons (Fsp3) is 0.375. The van der Waals surface area contributed by atoms with Gasteiger partial charge in [-0.25, -0.2) is 4.84 Å². The molecule has 0 bridgehead atoms. The second-order valence-electron chi connectivity index (χ2n) is 3.70. The van der Waals surface area contributed by atoms with Crippen molar-refractivity contribution in [1.29, 1.82) is 0 Å². The minimum absolute atomic E-state index is 0.856. The Morgan fingerprint density at radius 2 is 1.29 bits per heavy atom. The van der Waals surface area contributed by atoms with Crippen molar-refractivity contribution in [3.63, 3.8) is 0 Å². The molecule has 21 heavy (non-hydrogen) atoms. The summed E-state index contributed by atoms with van der Waals surface area (Å²) < 4.78 is 104. The van der Waals surface area contributed by atoms with Gasteiger partial charge in [0.25, 0.3) is 11.9 Å². The Kier molecular flexibility index (Phi) is 3.46. The second-order valence-corrected chi connectivity index (χ2v) is 4.64. The molecule has 0 saturated carbocycles. The molecule has 0 atom stereocenters. The molecule has 2 rings (SSSR count). The molecule has 3 nitrogen and oxygen atoms in total. The quantitative estimate of drug-likeness (QED) is 0.355. The van der Waals surface area contributed by atoms with Crippen molar-refractivity contribution in [2.24, 2.45) is 0 Å². The lowest BCUT2D eigenvalue weighted by atomic mass is 10.2. The SMILES string of the molecule is Fc1nc(F)c(F)c(N2OC2(C(F)(F)Cl)C(F)(F)Cl)c1F. The lowest BCUT2D eigenvalue weighted by Crippen LogP contribution is -2.48. The molecule has 0 N–H and O–H groups in total. The standard InChI is InChI=1S/C8Cl2F8N2O/c9-7(15,16)6(8(10,17)18)20(21-6)3-1(11)4(13)19-5(14)2(3)12. The van der Waals surface area contributed by atoms with E-state index in [-0.39, 0.29) is 0 Å². The van der Waals surface area contributed by atoms with Crippen LogP contribution >= 0.6 is 23.2 Å². The van der Waals surface area contributed by atoms with Crippen molar-refractivity contribution >= 4 is 28.9 Å². The number of aromatic nitrogens is 1. The highest BCUT2D eigenvalue weighted by Crippen LogP contribution is 2.61. The first-order valence-corrected chi connectivity index (χ1v) is 5.43. The van der Waals surface area contributed by atoms with E-state index in [1.807, 2.05) is 0 Å². The van der Waals surface area contributed by atoms with E-state index >= 15 is 0 Å². The van der Waals surface area contributed by atoms with Crippen LogP contribution in [0.5, 0.6) is 0 Å². The molecular formula is C8Cl2F8N2O. The average Bonchev–Trinajstić information content (AvgIpc) is 3.02. The van der Waals surface area contributed by atoms with Crippen LogP contribution in [0.4, 0.5) is 40.8 Å². The van der Waals surface area contributed by atoms with Crippen LogP contribution in [0.2, 0.25) is 0 Å². The lowest BCUT2D eigenvalue weighted by molar-refractivity contribution is -0.100. The number of pyridine rings is 1. The molecule has 1 aromatic heterocycles. The second kappa shape index (κ2) is 4.46. The Labute approximate surface area is 119 Å². The number of alkyl halides is 6. The molecule has 13 heteroatoms. The minimum atomic E-state index is -4.96. The van der Waals surface area contributed by atoms with Crippen molar-refractivity contribution in [3.8, 4) is 0 Å². The van der Waals surface area contributed by atoms with Crippen LogP contribution in [-0.4, -0.2) is 21.5 Å². The molecule has 118 valence electrons. The Balaban J connectivity index is 2.62. The molecular weight excluding hydrogens is 363 g/mol. The smallest absolute Gasteiger partial charge is 0.223 e. The van der Waals surface area contributed by atoms with E-state index in [1.54, 1.807) is 0 Å². The van der Waals surface area contributed by atoms with E-state index in [9.17, 15) is 35.1 Å². The summed E-state index contributed by atoms with van der Waals surface area (Å²) in [5, 5.41) is -10.8. The summed E-state index contributed by atoms with van der Waals surface area (Å²) in [5.41, 5.74) is -6.24. The monoisotopic (exact) mass is 362 g/mol. The Bertz CT molecular complexity index is 561. The third kappa shape index (κ3) is 2.18. The van der Waals surface area contributed by atoms with Gasteiger partial charge in [0.05, 0.1) is 0 Å². The zero-order chi connectivity index (χ0) is 16.4. The molecule has 0 radical (unpaired) electrons. The van der Waals surface area contributed by atoms with E-state index in [4.69, 9.17) is 0 Å². The largest absolute Gasteiger partial charge is 0.380 e. The van der Waals surface area contributed by atoms with Crippen molar-refractivity contribution in [2.75, 3.05) is 5.06 Å². The Morgan fingerprint density at radius 1 is 0.905 bits per heavy atom. The molecule has 1 aromatic rings. The van der Waals surface area contributed by atoms with Crippen LogP contribution in [0.3, 0.4) is 0 Å². The van der Waals surface area contributed by atoms with Gasteiger partial charge in [0.15, 0.2) is 0 Å². The molecule has 0 spiro atoms. The van der Waals surface area contributed by atoms with Gasteiger partial charge in [-0.1, -0.05) is 0 Å². The fourth-order valence-corrected chi connectivity index (χ4v) is 1.97. The average molecular weight is 363 g/mol. The maximum Gasteiger partial charge on any atom is 0.380 e. The number of rotatable bonds is 3. The zero-order valence-corrected chi connectivity index (χ0v) is 10.6. The maximum absolute atomic E-state index is 13.3. The van der Waals surface area contributed by atoms with Crippen molar-refractivity contribution < 1.29 is 40.0 Å². The number of halogens is 10. The first kappa shape index (κ1) is 16.3. The molecule has 1 fully saturated rings. The van der Waals surface area contributed by atoms with Crippen molar-refractivity contribution in [3.05, 3.63) is 23.5 Å². The first-order valence-electron chi connectivity index (χ1n) is 4.67. The van der Waals surface area contributed by atoms with Crippen LogP contribution in [0.25, 0.3) is 0 Å². The zero-order valence-electron chi connectivity index (χ0n) is 9.08. The number of hydrogen-bond donors (Lipinski definition) is 0. The third-order valence-electron chi connectivity index (χ3n) is 2.42. The Hall–Kier alpha value is -1.07. The van der Waals surface area contributed by atoms with Crippen LogP contribution in [-0.2, 0) is 4.84 Å². The molecule has 0 aliphatic carbocycles. The summed E-state index contributed by atoms with van der Waals surface area (Å²) in [6.45, 7) is 0. The fourth-order valence-electron chi connectivity index (χ4n) is 1.46. The summed E-state index contributed by atoms with van der Waals surface area (Å²) in [5.74, 6) is -9.25. The van der Waals surface area contributed by atoms with Gasteiger partial charge in [-0.15, -0.1) is 0 Å². The van der Waals surface area contributed by atoms with Crippen LogP contribution in [0, 0.1) is 23.5 Å². The number of anilines is 1. The predicted octanol–water partition coefficient (Wildman–Crippen LogP) is 3.75. The number of hydroxylamine groups is 1. The highest BCUT2D eigenvalue weighted by Gasteiger charge is 2.85. The minimum Gasteiger partial charge on any atom is -0.223 e. The summed E-state index contributed by atoms with van der Waals surface area (Å²) >= 11 is 8.78. The van der Waals surface area contributed by atoms with Gasteiger partial charge >= 0.3 is 16.5 Å². The molecule has 1 aliphatic rings.